The lowest BCUT2D eigenvalue weighted by Crippen LogP contribution is -2.64. The second-order valence-electron chi connectivity index (χ2n) is 13.7. The van der Waals surface area contributed by atoms with E-state index in [4.69, 9.17) is 10.5 Å². The SMILES string of the molecule is CC(C)(C)NC(=O)NC(C(=O)N1C[C@@H]2OC(C)(C)[C@@H]2C1C(=O)NC(CC1CCC1)C(=O)C(N)=O)C(C)(C)C. The Morgan fingerprint density at radius 2 is 1.63 bits per heavy atom. The number of hydrogen-bond donors (Lipinski definition) is 4. The molecule has 5 amide bonds. The van der Waals surface area contributed by atoms with Gasteiger partial charge < -0.3 is 31.3 Å². The maximum absolute atomic E-state index is 14.0. The fourth-order valence-corrected chi connectivity index (χ4v) is 5.73. The average molecular weight is 536 g/mol. The van der Waals surface area contributed by atoms with Crippen molar-refractivity contribution in [2.45, 2.75) is 116 Å². The molecule has 11 nitrogen and oxygen atoms in total. The van der Waals surface area contributed by atoms with Crippen LogP contribution in [0.4, 0.5) is 4.79 Å². The molecular weight excluding hydrogens is 490 g/mol. The van der Waals surface area contributed by atoms with Gasteiger partial charge in [0.1, 0.15) is 12.1 Å². The quantitative estimate of drug-likeness (QED) is 0.342. The number of urea groups is 1. The summed E-state index contributed by atoms with van der Waals surface area (Å²) in [5.41, 5.74) is 3.44. The number of amides is 5. The van der Waals surface area contributed by atoms with E-state index in [-0.39, 0.29) is 24.5 Å². The highest BCUT2D eigenvalue weighted by Crippen LogP contribution is 2.48. The number of carbonyl (C=O) groups excluding carboxylic acids is 5. The number of carbonyl (C=O) groups is 5. The Hall–Kier alpha value is -2.69. The Morgan fingerprint density at radius 1 is 1.03 bits per heavy atom. The molecule has 3 aliphatic rings. The van der Waals surface area contributed by atoms with Crippen molar-refractivity contribution in [3.05, 3.63) is 0 Å². The summed E-state index contributed by atoms with van der Waals surface area (Å²) in [6.45, 7) is 14.9. The number of fused-ring (bicyclic) bond motifs is 1. The molecule has 5 N–H and O–H groups in total. The maximum Gasteiger partial charge on any atom is 0.315 e. The summed E-state index contributed by atoms with van der Waals surface area (Å²) in [5, 5.41) is 8.38. The molecule has 0 radical (unpaired) electrons. The van der Waals surface area contributed by atoms with Crippen molar-refractivity contribution in [3.8, 4) is 0 Å². The van der Waals surface area contributed by atoms with Crippen LogP contribution in [0.1, 0.15) is 81.1 Å². The lowest BCUT2D eigenvalue weighted by atomic mass is 9.76. The summed E-state index contributed by atoms with van der Waals surface area (Å²) in [6, 6.07) is -3.39. The first-order valence-electron chi connectivity index (χ1n) is 13.5. The monoisotopic (exact) mass is 535 g/mol. The van der Waals surface area contributed by atoms with Crippen molar-refractivity contribution in [2.24, 2.45) is 23.0 Å². The zero-order valence-corrected chi connectivity index (χ0v) is 24.0. The third kappa shape index (κ3) is 6.47. The zero-order chi connectivity index (χ0) is 28.8. The zero-order valence-electron chi connectivity index (χ0n) is 24.0. The number of likely N-dealkylation sites (tertiary alicyclic amines) is 1. The van der Waals surface area contributed by atoms with Crippen LogP contribution >= 0.6 is 0 Å². The van der Waals surface area contributed by atoms with Gasteiger partial charge in [0.2, 0.25) is 17.6 Å². The van der Waals surface area contributed by atoms with Gasteiger partial charge in [-0.15, -0.1) is 0 Å². The Bertz CT molecular complexity index is 977. The molecule has 3 rings (SSSR count). The molecule has 0 aromatic rings. The van der Waals surface area contributed by atoms with Crippen LogP contribution in [0.15, 0.2) is 0 Å². The van der Waals surface area contributed by atoms with Crippen molar-refractivity contribution in [3.63, 3.8) is 0 Å². The van der Waals surface area contributed by atoms with Gasteiger partial charge in [-0.2, -0.15) is 0 Å². The Balaban J connectivity index is 1.87. The highest BCUT2D eigenvalue weighted by atomic mass is 16.5. The maximum atomic E-state index is 14.0. The summed E-state index contributed by atoms with van der Waals surface area (Å²) in [6.07, 6.45) is 2.87. The van der Waals surface area contributed by atoms with Gasteiger partial charge in [0, 0.05) is 18.0 Å². The van der Waals surface area contributed by atoms with Crippen LogP contribution < -0.4 is 21.7 Å². The molecule has 0 aromatic heterocycles. The van der Waals surface area contributed by atoms with Crippen LogP contribution in [0.2, 0.25) is 0 Å². The average Bonchev–Trinajstić information content (AvgIpc) is 3.05. The first-order valence-corrected chi connectivity index (χ1v) is 13.5. The van der Waals surface area contributed by atoms with Crippen LogP contribution in [-0.4, -0.2) is 76.4 Å². The summed E-state index contributed by atoms with van der Waals surface area (Å²) >= 11 is 0. The minimum atomic E-state index is -1.10. The topological polar surface area (TPSA) is 160 Å². The standard InChI is InChI=1S/C27H45N5O6/c1-25(2,3)20(30-24(37)31-26(4,5)6)23(36)32-13-16-17(27(7,8)38-16)18(32)22(35)29-15(19(33)21(28)34)12-14-10-9-11-14/h14-18,20H,9-13H2,1-8H3,(H2,28,34)(H,29,35)(H2,30,31,37)/t15?,16-,17-,18?,20?/m0/s1. The van der Waals surface area contributed by atoms with Crippen molar-refractivity contribution in [2.75, 3.05) is 6.54 Å². The number of nitrogens with one attached hydrogen (secondary N) is 3. The van der Waals surface area contributed by atoms with E-state index in [2.05, 4.69) is 16.0 Å². The van der Waals surface area contributed by atoms with E-state index in [0.29, 0.717) is 6.42 Å². The minimum absolute atomic E-state index is 0.178. The molecule has 2 aliphatic heterocycles. The molecule has 214 valence electrons. The number of Topliss-reactive ketones (excluding diaryl/α,β-unsaturated/α-hetero) is 1. The molecule has 0 aromatic carbocycles. The largest absolute Gasteiger partial charge is 0.370 e. The number of primary amides is 1. The van der Waals surface area contributed by atoms with E-state index in [9.17, 15) is 24.0 Å². The minimum Gasteiger partial charge on any atom is -0.370 e. The molecule has 0 bridgehead atoms. The van der Waals surface area contributed by atoms with E-state index >= 15 is 0 Å². The smallest absolute Gasteiger partial charge is 0.315 e. The normalized spacial score (nSPS) is 26.2. The number of hydrogen-bond acceptors (Lipinski definition) is 6. The summed E-state index contributed by atoms with van der Waals surface area (Å²) in [7, 11) is 0. The predicted molar refractivity (Wildman–Crippen MR) is 141 cm³/mol. The number of nitrogens with two attached hydrogens (primary N) is 1. The van der Waals surface area contributed by atoms with Crippen LogP contribution in [0.25, 0.3) is 0 Å². The third-order valence-electron chi connectivity index (χ3n) is 7.81. The van der Waals surface area contributed by atoms with E-state index in [1.165, 1.54) is 4.90 Å². The summed E-state index contributed by atoms with van der Waals surface area (Å²) < 4.78 is 5.99. The van der Waals surface area contributed by atoms with Crippen LogP contribution in [0, 0.1) is 17.3 Å². The molecule has 11 heteroatoms. The van der Waals surface area contributed by atoms with Crippen molar-refractivity contribution in [1.82, 2.24) is 20.9 Å². The molecule has 2 saturated heterocycles. The molecule has 0 spiro atoms. The number of rotatable bonds is 8. The summed E-state index contributed by atoms with van der Waals surface area (Å²) in [4.78, 5) is 66.3. The summed E-state index contributed by atoms with van der Waals surface area (Å²) in [5.74, 6) is -2.95. The second kappa shape index (κ2) is 10.5. The lowest BCUT2D eigenvalue weighted by molar-refractivity contribution is -0.225. The van der Waals surface area contributed by atoms with E-state index in [1.54, 1.807) is 0 Å². The second-order valence-corrected chi connectivity index (χ2v) is 13.7. The van der Waals surface area contributed by atoms with Crippen molar-refractivity contribution in [1.29, 1.82) is 0 Å². The number of ketones is 1. The van der Waals surface area contributed by atoms with E-state index in [1.807, 2.05) is 55.4 Å². The molecule has 1 saturated carbocycles. The van der Waals surface area contributed by atoms with Crippen molar-refractivity contribution < 1.29 is 28.7 Å². The van der Waals surface area contributed by atoms with Crippen LogP contribution in [0.5, 0.6) is 0 Å². The molecule has 1 aliphatic carbocycles. The van der Waals surface area contributed by atoms with Crippen LogP contribution in [0.3, 0.4) is 0 Å². The van der Waals surface area contributed by atoms with Gasteiger partial charge >= 0.3 is 6.03 Å². The van der Waals surface area contributed by atoms with E-state index < -0.39 is 64.2 Å². The van der Waals surface area contributed by atoms with Gasteiger partial charge in [-0.25, -0.2) is 4.79 Å². The highest BCUT2D eigenvalue weighted by Gasteiger charge is 2.63. The number of ether oxygens (including phenoxy) is 1. The highest BCUT2D eigenvalue weighted by molar-refractivity contribution is 6.37. The fourth-order valence-electron chi connectivity index (χ4n) is 5.73. The van der Waals surface area contributed by atoms with Crippen molar-refractivity contribution >= 4 is 29.5 Å². The van der Waals surface area contributed by atoms with Gasteiger partial charge in [-0.05, 0) is 52.4 Å². The van der Waals surface area contributed by atoms with E-state index in [0.717, 1.165) is 19.3 Å². The third-order valence-corrected chi connectivity index (χ3v) is 7.81. The Labute approximate surface area is 225 Å². The first kappa shape index (κ1) is 29.9. The molecular formula is C27H45N5O6. The number of nitrogens with zero attached hydrogens (tertiary/aromatic N) is 1. The lowest BCUT2D eigenvalue weighted by Gasteiger charge is -2.49. The van der Waals surface area contributed by atoms with Gasteiger partial charge in [0.05, 0.1) is 17.7 Å². The Morgan fingerprint density at radius 3 is 2.08 bits per heavy atom. The van der Waals surface area contributed by atoms with Gasteiger partial charge in [0.25, 0.3) is 5.91 Å². The molecule has 38 heavy (non-hydrogen) atoms. The predicted octanol–water partition coefficient (Wildman–Crippen LogP) is 1.23. The van der Waals surface area contributed by atoms with Gasteiger partial charge in [-0.1, -0.05) is 40.0 Å². The molecule has 3 fully saturated rings. The molecule has 5 atom stereocenters. The van der Waals surface area contributed by atoms with Crippen LogP contribution in [-0.2, 0) is 23.9 Å². The van der Waals surface area contributed by atoms with Gasteiger partial charge in [0.15, 0.2) is 0 Å². The Kier molecular flexibility index (Phi) is 8.22. The van der Waals surface area contributed by atoms with Gasteiger partial charge in [-0.3, -0.25) is 19.2 Å². The molecule has 2 heterocycles. The first-order chi connectivity index (χ1) is 17.3. The fraction of sp³-hybridized carbons (Fsp3) is 0.815. The molecule has 3 unspecified atom stereocenters.